The van der Waals surface area contributed by atoms with E-state index in [-0.39, 0.29) is 30.9 Å². The Bertz CT molecular complexity index is 2530. The second-order valence-corrected chi connectivity index (χ2v) is 23.4. The molecule has 6 heteroatoms. The largest absolute Gasteiger partial charge is 0.333 e. The second kappa shape index (κ2) is 15.5. The van der Waals surface area contributed by atoms with Gasteiger partial charge in [-0.2, -0.15) is 11.3 Å². The van der Waals surface area contributed by atoms with Crippen LogP contribution in [0.25, 0.3) is 59.5 Å². The van der Waals surface area contributed by atoms with E-state index in [2.05, 4.69) is 175 Å². The van der Waals surface area contributed by atoms with Gasteiger partial charge in [-0.3, -0.25) is 4.98 Å². The smallest absolute Gasteiger partial charge is 0.0798 e. The number of para-hydroxylation sites is 2. The van der Waals surface area contributed by atoms with Crippen LogP contribution in [0.5, 0.6) is 0 Å². The molecule has 0 aliphatic rings. The summed E-state index contributed by atoms with van der Waals surface area (Å²) in [6.45, 7) is 20.8. The molecule has 54 heavy (non-hydrogen) atoms. The van der Waals surface area contributed by atoms with Gasteiger partial charge in [-0.1, -0.05) is 121 Å². The van der Waals surface area contributed by atoms with Crippen LogP contribution in [0.2, 0.25) is 19.6 Å². The predicted molar refractivity (Wildman–Crippen MR) is 232 cm³/mol. The maximum Gasteiger partial charge on any atom is 0.0798 e. The van der Waals surface area contributed by atoms with Gasteiger partial charge < -0.3 is 9.55 Å². The van der Waals surface area contributed by atoms with Crippen molar-refractivity contribution in [1.29, 1.82) is 0 Å². The Hall–Kier alpha value is -4.19. The van der Waals surface area contributed by atoms with Crippen LogP contribution in [-0.2, 0) is 31.9 Å². The van der Waals surface area contributed by atoms with Crippen molar-refractivity contribution in [3.63, 3.8) is 0 Å². The van der Waals surface area contributed by atoms with E-state index in [9.17, 15) is 0 Å². The molecule has 0 fully saturated rings. The third kappa shape index (κ3) is 8.53. The van der Waals surface area contributed by atoms with E-state index in [0.29, 0.717) is 0 Å². The van der Waals surface area contributed by atoms with Crippen molar-refractivity contribution in [3.05, 3.63) is 145 Å². The van der Waals surface area contributed by atoms with Crippen LogP contribution in [0.15, 0.2) is 121 Å². The van der Waals surface area contributed by atoms with E-state index in [1.807, 2.05) is 35.6 Å². The fourth-order valence-corrected chi connectivity index (χ4v) is 9.66. The minimum atomic E-state index is -1.37. The van der Waals surface area contributed by atoms with E-state index >= 15 is 0 Å². The number of pyridine rings is 1. The van der Waals surface area contributed by atoms with E-state index in [1.165, 1.54) is 36.5 Å². The van der Waals surface area contributed by atoms with Gasteiger partial charge in [0, 0.05) is 36.7 Å². The summed E-state index contributed by atoms with van der Waals surface area (Å²) in [4.78, 5) is 9.74. The van der Waals surface area contributed by atoms with E-state index < -0.39 is 8.07 Å². The third-order valence-corrected chi connectivity index (χ3v) is 12.8. The van der Waals surface area contributed by atoms with Crippen molar-refractivity contribution in [2.24, 2.45) is 5.41 Å². The molecule has 3 heterocycles. The van der Waals surface area contributed by atoms with Crippen LogP contribution in [0, 0.1) is 17.5 Å². The summed E-state index contributed by atoms with van der Waals surface area (Å²) < 4.78 is 4.83. The normalized spacial score (nSPS) is 12.1. The van der Waals surface area contributed by atoms with Crippen LogP contribution in [0.4, 0.5) is 0 Å². The number of hydrogen-bond donors (Lipinski definition) is 0. The van der Waals surface area contributed by atoms with Gasteiger partial charge in [0.2, 0.25) is 0 Å². The predicted octanol–water partition coefficient (Wildman–Crippen LogP) is 12.8. The van der Waals surface area contributed by atoms with E-state index in [0.717, 1.165) is 45.8 Å². The van der Waals surface area contributed by atoms with Crippen LogP contribution in [-0.4, -0.2) is 22.6 Å². The Morgan fingerprint density at radius 1 is 0.722 bits per heavy atom. The molecule has 0 aliphatic heterocycles. The molecule has 277 valence electrons. The monoisotopic (exact) mass is 920 g/mol. The zero-order valence-corrected chi connectivity index (χ0v) is 37.0. The molecule has 0 atom stereocenters. The average Bonchev–Trinajstić information content (AvgIpc) is 3.69. The number of hydrogen-bond acceptors (Lipinski definition) is 3. The Morgan fingerprint density at radius 3 is 2.11 bits per heavy atom. The summed E-state index contributed by atoms with van der Waals surface area (Å²) in [5.41, 5.74) is 9.54. The average molecular weight is 920 g/mol. The first-order chi connectivity index (χ1) is 25.2. The van der Waals surface area contributed by atoms with Crippen LogP contribution in [0.1, 0.15) is 52.7 Å². The Balaban J connectivity index is 0.000000198. The van der Waals surface area contributed by atoms with Gasteiger partial charge in [-0.25, -0.2) is 0 Å². The first-order valence-corrected chi connectivity index (χ1v) is 22.9. The third-order valence-electron chi connectivity index (χ3n) is 9.61. The van der Waals surface area contributed by atoms with Crippen LogP contribution >= 0.6 is 11.3 Å². The van der Waals surface area contributed by atoms with Gasteiger partial charge in [-0.05, 0) is 74.1 Å². The quantitative estimate of drug-likeness (QED) is 0.127. The summed E-state index contributed by atoms with van der Waals surface area (Å²) >= 11 is 1.83. The summed E-state index contributed by atoms with van der Waals surface area (Å²) in [6.07, 6.45) is 3.21. The maximum absolute atomic E-state index is 5.03. The van der Waals surface area contributed by atoms with E-state index in [4.69, 9.17) is 9.97 Å². The first kappa shape index (κ1) is 39.5. The molecular weight excluding hydrogens is 871 g/mol. The standard InChI is InChI=1S/C29H23N2S.C19H26NSi.Ir/c1-29(2,3)20-13-15-21(16-14-20)31-25-10-6-5-9-24(25)30-28(31)19-12-17-23-22-8-4-7-11-26(22)32-27(23)18-19;1-19(2,3)13-16-12-17(15-10-8-7-9-11-15)20-14-18(16)21(4,5)6;/h4-11,13-18H,1-3H3;7-10,12,14H,13H2,1-6H3;/q2*-1;. The maximum atomic E-state index is 5.03. The van der Waals surface area contributed by atoms with Gasteiger partial charge in [0.1, 0.15) is 0 Å². The van der Waals surface area contributed by atoms with E-state index in [1.54, 1.807) is 0 Å². The summed E-state index contributed by atoms with van der Waals surface area (Å²) in [6, 6.07) is 47.3. The fourth-order valence-electron chi connectivity index (χ4n) is 6.96. The van der Waals surface area contributed by atoms with Crippen molar-refractivity contribution in [2.45, 2.75) is 73.0 Å². The molecule has 3 aromatic heterocycles. The molecule has 0 bridgehead atoms. The molecule has 8 aromatic rings. The number of fused-ring (bicyclic) bond motifs is 4. The Labute approximate surface area is 339 Å². The summed E-state index contributed by atoms with van der Waals surface area (Å²) in [7, 11) is -1.37. The van der Waals surface area contributed by atoms with Crippen molar-refractivity contribution in [2.75, 3.05) is 0 Å². The molecule has 0 unspecified atom stereocenters. The van der Waals surface area contributed by atoms with Crippen molar-refractivity contribution in [3.8, 4) is 28.3 Å². The SMILES string of the molecule is CC(C)(C)Cc1cc(-c2[c-]cccc2)ncc1[Si](C)(C)C.CC(C)(C)c1ccc(-n2c(-c3[c-]cc4c(c3)sc3ccccc34)nc3ccccc32)cc1.[Ir]. The second-order valence-electron chi connectivity index (χ2n) is 17.3. The molecule has 0 saturated heterocycles. The number of nitrogens with zero attached hydrogens (tertiary/aromatic N) is 3. The fraction of sp³-hybridized carbons (Fsp3) is 0.250. The number of aromatic nitrogens is 3. The number of rotatable bonds is 5. The molecule has 1 radical (unpaired) electrons. The van der Waals surface area contributed by atoms with Crippen LogP contribution in [0.3, 0.4) is 0 Å². The molecule has 0 N–H and O–H groups in total. The Kier molecular flexibility index (Phi) is 11.3. The van der Waals surface area contributed by atoms with Crippen molar-refractivity contribution < 1.29 is 20.1 Å². The zero-order valence-electron chi connectivity index (χ0n) is 32.8. The zero-order chi connectivity index (χ0) is 37.5. The molecule has 5 aromatic carbocycles. The molecule has 0 amide bonds. The Morgan fingerprint density at radius 2 is 1.43 bits per heavy atom. The number of benzene rings is 5. The van der Waals surface area contributed by atoms with Gasteiger partial charge >= 0.3 is 0 Å². The topological polar surface area (TPSA) is 30.7 Å². The van der Waals surface area contributed by atoms with Gasteiger partial charge in [0.05, 0.1) is 24.9 Å². The van der Waals surface area contributed by atoms with Gasteiger partial charge in [0.25, 0.3) is 0 Å². The first-order valence-electron chi connectivity index (χ1n) is 18.5. The minimum absolute atomic E-state index is 0. The molecule has 0 aliphatic carbocycles. The van der Waals surface area contributed by atoms with Gasteiger partial charge in [0.15, 0.2) is 0 Å². The number of thiophene rings is 1. The van der Waals surface area contributed by atoms with Crippen molar-refractivity contribution >= 4 is 55.8 Å². The molecule has 0 saturated carbocycles. The summed E-state index contributed by atoms with van der Waals surface area (Å²) in [5.74, 6) is 0.925. The molecular formula is C48H49IrN3SSi-2. The molecule has 0 spiro atoms. The minimum Gasteiger partial charge on any atom is -0.333 e. The molecule has 3 nitrogen and oxygen atoms in total. The number of imidazole rings is 1. The van der Waals surface area contributed by atoms with Gasteiger partial charge in [-0.15, -0.1) is 59.7 Å². The van der Waals surface area contributed by atoms with Crippen LogP contribution < -0.4 is 5.19 Å². The molecule has 8 rings (SSSR count). The summed E-state index contributed by atoms with van der Waals surface area (Å²) in [5, 5.41) is 4.03. The van der Waals surface area contributed by atoms with Crippen molar-refractivity contribution in [1.82, 2.24) is 14.5 Å².